The molecule has 104 valence electrons. The summed E-state index contributed by atoms with van der Waals surface area (Å²) in [6, 6.07) is 0.642. The Balaban J connectivity index is 1.84. The van der Waals surface area contributed by atoms with Gasteiger partial charge in [-0.05, 0) is 31.7 Å². The maximum atomic E-state index is 8.68. The van der Waals surface area contributed by atoms with Crippen LogP contribution in [0.3, 0.4) is 0 Å². The smallest absolute Gasteiger partial charge is 0.139 e. The third-order valence-corrected chi connectivity index (χ3v) is 4.46. The summed E-state index contributed by atoms with van der Waals surface area (Å²) in [4.78, 5) is 5.08. The first-order valence-electron chi connectivity index (χ1n) is 7.01. The largest absolute Gasteiger partial charge is 0.409 e. The number of rotatable bonds is 5. The lowest BCUT2D eigenvalue weighted by Crippen LogP contribution is -2.52. The van der Waals surface area contributed by atoms with Gasteiger partial charge in [0.15, 0.2) is 0 Å². The maximum Gasteiger partial charge on any atom is 0.139 e. The standard InChI is InChI=1S/C13H26N4O/c1-3-17-7-6-16(9-11(17)2)10-13(4-5-13)8-12(14)15-18/h11,18H,3-10H2,1-2H3,(H2,14,15). The number of amidine groups is 1. The van der Waals surface area contributed by atoms with Gasteiger partial charge in [0, 0.05) is 38.6 Å². The lowest BCUT2D eigenvalue weighted by atomic mass is 10.00. The first-order valence-corrected chi connectivity index (χ1v) is 7.01. The van der Waals surface area contributed by atoms with Crippen LogP contribution >= 0.6 is 0 Å². The van der Waals surface area contributed by atoms with E-state index in [-0.39, 0.29) is 0 Å². The van der Waals surface area contributed by atoms with Crippen LogP contribution in [0, 0.1) is 5.41 Å². The van der Waals surface area contributed by atoms with Crippen molar-refractivity contribution in [1.82, 2.24) is 9.80 Å². The molecular weight excluding hydrogens is 228 g/mol. The number of hydrogen-bond donors (Lipinski definition) is 2. The van der Waals surface area contributed by atoms with Crippen LogP contribution in [0.15, 0.2) is 5.16 Å². The Morgan fingerprint density at radius 2 is 2.17 bits per heavy atom. The van der Waals surface area contributed by atoms with E-state index in [2.05, 4.69) is 28.8 Å². The topological polar surface area (TPSA) is 65.1 Å². The highest BCUT2D eigenvalue weighted by Gasteiger charge is 2.45. The fraction of sp³-hybridized carbons (Fsp3) is 0.923. The number of likely N-dealkylation sites (N-methyl/N-ethyl adjacent to an activating group) is 1. The molecule has 0 aromatic heterocycles. The molecule has 0 aromatic rings. The maximum absolute atomic E-state index is 8.68. The lowest BCUT2D eigenvalue weighted by molar-refractivity contribution is 0.0744. The molecule has 0 aromatic carbocycles. The highest BCUT2D eigenvalue weighted by molar-refractivity contribution is 5.80. The van der Waals surface area contributed by atoms with Gasteiger partial charge in [-0.3, -0.25) is 9.80 Å². The SMILES string of the molecule is CCN1CCN(CC2(CC(N)=NO)CC2)CC1C. The monoisotopic (exact) mass is 254 g/mol. The zero-order chi connectivity index (χ0) is 13.2. The van der Waals surface area contributed by atoms with Gasteiger partial charge in [-0.2, -0.15) is 0 Å². The van der Waals surface area contributed by atoms with Crippen LogP contribution < -0.4 is 5.73 Å². The molecule has 0 amide bonds. The van der Waals surface area contributed by atoms with Gasteiger partial charge in [0.2, 0.25) is 0 Å². The van der Waals surface area contributed by atoms with E-state index in [1.165, 1.54) is 12.8 Å². The minimum atomic E-state index is 0.296. The molecule has 5 heteroatoms. The van der Waals surface area contributed by atoms with Crippen molar-refractivity contribution in [2.45, 2.75) is 39.2 Å². The van der Waals surface area contributed by atoms with Gasteiger partial charge in [-0.15, -0.1) is 0 Å². The molecule has 1 atom stereocenters. The molecule has 1 heterocycles. The van der Waals surface area contributed by atoms with Crippen molar-refractivity contribution in [3.63, 3.8) is 0 Å². The Bertz CT molecular complexity index is 314. The molecule has 1 aliphatic carbocycles. The molecule has 1 saturated carbocycles. The van der Waals surface area contributed by atoms with Crippen LogP contribution in [-0.4, -0.2) is 59.6 Å². The van der Waals surface area contributed by atoms with Crippen molar-refractivity contribution in [2.24, 2.45) is 16.3 Å². The van der Waals surface area contributed by atoms with Crippen LogP contribution in [0.2, 0.25) is 0 Å². The summed E-state index contributed by atoms with van der Waals surface area (Å²) < 4.78 is 0. The third kappa shape index (κ3) is 3.14. The summed E-state index contributed by atoms with van der Waals surface area (Å²) in [5, 5.41) is 11.8. The van der Waals surface area contributed by atoms with Gasteiger partial charge in [-0.1, -0.05) is 12.1 Å². The lowest BCUT2D eigenvalue weighted by Gasteiger charge is -2.40. The zero-order valence-electron chi connectivity index (χ0n) is 11.6. The fourth-order valence-corrected chi connectivity index (χ4v) is 3.15. The molecule has 2 rings (SSSR count). The highest BCUT2D eigenvalue weighted by Crippen LogP contribution is 2.49. The zero-order valence-corrected chi connectivity index (χ0v) is 11.6. The summed E-state index contributed by atoms with van der Waals surface area (Å²) >= 11 is 0. The predicted octanol–water partition coefficient (Wildman–Crippen LogP) is 0.929. The van der Waals surface area contributed by atoms with Crippen LogP contribution in [-0.2, 0) is 0 Å². The molecule has 1 saturated heterocycles. The van der Waals surface area contributed by atoms with Crippen molar-refractivity contribution in [3.05, 3.63) is 0 Å². The number of piperazine rings is 1. The molecule has 2 aliphatic rings. The fourth-order valence-electron chi connectivity index (χ4n) is 3.15. The molecule has 18 heavy (non-hydrogen) atoms. The predicted molar refractivity (Wildman–Crippen MR) is 72.8 cm³/mol. The van der Waals surface area contributed by atoms with Crippen molar-refractivity contribution in [3.8, 4) is 0 Å². The van der Waals surface area contributed by atoms with E-state index in [1.54, 1.807) is 0 Å². The molecule has 0 radical (unpaired) electrons. The van der Waals surface area contributed by atoms with Gasteiger partial charge in [0.25, 0.3) is 0 Å². The number of oxime groups is 1. The Hall–Kier alpha value is -0.810. The van der Waals surface area contributed by atoms with E-state index in [9.17, 15) is 0 Å². The van der Waals surface area contributed by atoms with E-state index in [1.807, 2.05) is 0 Å². The summed E-state index contributed by atoms with van der Waals surface area (Å²) in [7, 11) is 0. The normalized spacial score (nSPS) is 29.4. The Morgan fingerprint density at radius 1 is 1.44 bits per heavy atom. The van der Waals surface area contributed by atoms with Gasteiger partial charge in [0.05, 0.1) is 0 Å². The molecule has 1 unspecified atom stereocenters. The molecule has 1 aliphatic heterocycles. The summed E-state index contributed by atoms with van der Waals surface area (Å²) in [5.41, 5.74) is 5.94. The van der Waals surface area contributed by atoms with Crippen molar-refractivity contribution in [2.75, 3.05) is 32.7 Å². The number of hydrogen-bond acceptors (Lipinski definition) is 4. The number of nitrogens with zero attached hydrogens (tertiary/aromatic N) is 3. The van der Waals surface area contributed by atoms with Crippen molar-refractivity contribution < 1.29 is 5.21 Å². The summed E-state index contributed by atoms with van der Waals surface area (Å²) in [6.07, 6.45) is 3.17. The van der Waals surface area contributed by atoms with E-state index in [4.69, 9.17) is 10.9 Å². The van der Waals surface area contributed by atoms with Crippen molar-refractivity contribution >= 4 is 5.84 Å². The van der Waals surface area contributed by atoms with Gasteiger partial charge < -0.3 is 10.9 Å². The molecule has 2 fully saturated rings. The quantitative estimate of drug-likeness (QED) is 0.331. The summed E-state index contributed by atoms with van der Waals surface area (Å²) in [6.45, 7) is 10.2. The first kappa shape index (κ1) is 13.6. The minimum Gasteiger partial charge on any atom is -0.409 e. The van der Waals surface area contributed by atoms with E-state index < -0.39 is 0 Å². The second-order valence-electron chi connectivity index (χ2n) is 5.98. The average molecular weight is 254 g/mol. The molecule has 0 spiro atoms. The molecule has 5 nitrogen and oxygen atoms in total. The van der Waals surface area contributed by atoms with Crippen molar-refractivity contribution in [1.29, 1.82) is 0 Å². The Kier molecular flexibility index (Phi) is 4.12. The average Bonchev–Trinajstić information content (AvgIpc) is 3.08. The summed E-state index contributed by atoms with van der Waals surface area (Å²) in [5.74, 6) is 0.382. The highest BCUT2D eigenvalue weighted by atomic mass is 16.4. The van der Waals surface area contributed by atoms with Crippen LogP contribution in [0.25, 0.3) is 0 Å². The van der Waals surface area contributed by atoms with E-state index >= 15 is 0 Å². The van der Waals surface area contributed by atoms with Crippen LogP contribution in [0.4, 0.5) is 0 Å². The van der Waals surface area contributed by atoms with Gasteiger partial charge in [-0.25, -0.2) is 0 Å². The second-order valence-corrected chi connectivity index (χ2v) is 5.98. The van der Waals surface area contributed by atoms with E-state index in [0.717, 1.165) is 39.1 Å². The second kappa shape index (κ2) is 5.45. The molecule has 3 N–H and O–H groups in total. The van der Waals surface area contributed by atoms with Gasteiger partial charge in [0.1, 0.15) is 5.84 Å². The van der Waals surface area contributed by atoms with E-state index in [0.29, 0.717) is 17.3 Å². The molecule has 0 bridgehead atoms. The van der Waals surface area contributed by atoms with Crippen LogP contribution in [0.1, 0.15) is 33.1 Å². The Labute approximate surface area is 110 Å². The minimum absolute atomic E-state index is 0.296. The third-order valence-electron chi connectivity index (χ3n) is 4.46. The van der Waals surface area contributed by atoms with Crippen LogP contribution in [0.5, 0.6) is 0 Å². The number of nitrogens with two attached hydrogens (primary N) is 1. The van der Waals surface area contributed by atoms with Gasteiger partial charge >= 0.3 is 0 Å². The molecular formula is C13H26N4O. The Morgan fingerprint density at radius 3 is 2.67 bits per heavy atom. The first-order chi connectivity index (χ1) is 8.58.